The van der Waals surface area contributed by atoms with Crippen molar-refractivity contribution in [2.45, 2.75) is 26.9 Å². The number of pyridine rings is 1. The number of guanidine groups is 1. The zero-order valence-electron chi connectivity index (χ0n) is 15.6. The molecule has 0 aliphatic rings. The van der Waals surface area contributed by atoms with Gasteiger partial charge in [-0.25, -0.2) is 4.99 Å². The molecule has 1 heterocycles. The number of hydrogen-bond acceptors (Lipinski definition) is 2. The molecule has 0 amide bonds. The zero-order chi connectivity index (χ0) is 19.2. The van der Waals surface area contributed by atoms with Crippen LogP contribution >= 0.6 is 0 Å². The van der Waals surface area contributed by atoms with E-state index < -0.39 is 0 Å². The van der Waals surface area contributed by atoms with Gasteiger partial charge < -0.3 is 15.6 Å². The largest absolute Gasteiger partial charge is 0.370 e. The molecule has 138 valence electrons. The van der Waals surface area contributed by atoms with Crippen LogP contribution in [0.5, 0.6) is 0 Å². The van der Waals surface area contributed by atoms with Crippen LogP contribution in [0.2, 0.25) is 0 Å². The molecule has 27 heavy (non-hydrogen) atoms. The van der Waals surface area contributed by atoms with Crippen LogP contribution in [0.15, 0.2) is 76.6 Å². The molecule has 5 nitrogen and oxygen atoms in total. The van der Waals surface area contributed by atoms with Crippen LogP contribution in [0.3, 0.4) is 0 Å². The number of aromatic nitrogens is 1. The average Bonchev–Trinajstić information content (AvgIpc) is 2.62. The summed E-state index contributed by atoms with van der Waals surface area (Å²) in [5.41, 5.74) is 11.4. The molecule has 0 spiro atoms. The predicted octanol–water partition coefficient (Wildman–Crippen LogP) is 3.44. The summed E-state index contributed by atoms with van der Waals surface area (Å²) in [7, 11) is 0. The maximum atomic E-state index is 11.8. The van der Waals surface area contributed by atoms with Crippen molar-refractivity contribution in [3.05, 3.63) is 99.5 Å². The number of hydrogen-bond donors (Lipinski definition) is 2. The normalized spacial score (nSPS) is 11.4. The molecule has 5 heteroatoms. The summed E-state index contributed by atoms with van der Waals surface area (Å²) < 4.78 is 1.68. The summed E-state index contributed by atoms with van der Waals surface area (Å²) >= 11 is 0. The number of aliphatic imine (C=N–C) groups is 1. The van der Waals surface area contributed by atoms with Crippen molar-refractivity contribution in [1.29, 1.82) is 0 Å². The van der Waals surface area contributed by atoms with Crippen molar-refractivity contribution < 1.29 is 0 Å². The summed E-state index contributed by atoms with van der Waals surface area (Å²) in [6, 6.07) is 19.4. The van der Waals surface area contributed by atoms with Gasteiger partial charge in [0.1, 0.15) is 0 Å². The van der Waals surface area contributed by atoms with Gasteiger partial charge in [-0.05, 0) is 54.3 Å². The highest BCUT2D eigenvalue weighted by atomic mass is 16.1. The summed E-state index contributed by atoms with van der Waals surface area (Å²) in [5, 5.41) is 3.13. The first-order valence-electron chi connectivity index (χ1n) is 8.88. The Kier molecular flexibility index (Phi) is 5.71. The van der Waals surface area contributed by atoms with E-state index in [4.69, 9.17) is 5.73 Å². The van der Waals surface area contributed by atoms with Crippen LogP contribution in [-0.4, -0.2) is 10.5 Å². The summed E-state index contributed by atoms with van der Waals surface area (Å²) in [4.78, 5) is 16.2. The average molecular weight is 360 g/mol. The molecular weight excluding hydrogens is 336 g/mol. The number of anilines is 1. The van der Waals surface area contributed by atoms with E-state index in [0.717, 1.165) is 16.8 Å². The lowest BCUT2D eigenvalue weighted by molar-refractivity contribution is 0.759. The Bertz CT molecular complexity index is 983. The fourth-order valence-electron chi connectivity index (χ4n) is 2.95. The number of benzene rings is 2. The topological polar surface area (TPSA) is 72.4 Å². The first kappa shape index (κ1) is 18.5. The van der Waals surface area contributed by atoms with Gasteiger partial charge in [-0.1, -0.05) is 36.4 Å². The van der Waals surface area contributed by atoms with Crippen molar-refractivity contribution in [2.75, 3.05) is 5.32 Å². The first-order valence-corrected chi connectivity index (χ1v) is 8.88. The zero-order valence-corrected chi connectivity index (χ0v) is 15.6. The van der Waals surface area contributed by atoms with Crippen LogP contribution in [0.1, 0.15) is 22.3 Å². The molecular formula is C22H24N4O. The Labute approximate surface area is 159 Å². The van der Waals surface area contributed by atoms with Crippen LogP contribution < -0.4 is 16.6 Å². The minimum Gasteiger partial charge on any atom is -0.370 e. The number of aryl methyl sites for hydroxylation is 2. The van der Waals surface area contributed by atoms with Gasteiger partial charge >= 0.3 is 0 Å². The van der Waals surface area contributed by atoms with Gasteiger partial charge in [0.15, 0.2) is 5.96 Å². The summed E-state index contributed by atoms with van der Waals surface area (Å²) in [5.74, 6) is 0.389. The molecule has 3 rings (SSSR count). The number of rotatable bonds is 5. The fourth-order valence-corrected chi connectivity index (χ4v) is 2.95. The van der Waals surface area contributed by atoms with E-state index >= 15 is 0 Å². The van der Waals surface area contributed by atoms with Gasteiger partial charge in [-0.2, -0.15) is 0 Å². The lowest BCUT2D eigenvalue weighted by Gasteiger charge is -2.08. The fraction of sp³-hybridized carbons (Fsp3) is 0.182. The van der Waals surface area contributed by atoms with Gasteiger partial charge in [0.25, 0.3) is 5.56 Å². The molecule has 0 atom stereocenters. The Balaban J connectivity index is 1.61. The highest BCUT2D eigenvalue weighted by Gasteiger charge is 2.00. The van der Waals surface area contributed by atoms with E-state index in [2.05, 4.69) is 30.2 Å². The van der Waals surface area contributed by atoms with Gasteiger partial charge in [-0.3, -0.25) is 4.79 Å². The maximum absolute atomic E-state index is 11.8. The smallest absolute Gasteiger partial charge is 0.250 e. The minimum atomic E-state index is -0.00332. The van der Waals surface area contributed by atoms with Crippen LogP contribution in [0.4, 0.5) is 5.69 Å². The van der Waals surface area contributed by atoms with E-state index in [0.29, 0.717) is 19.0 Å². The van der Waals surface area contributed by atoms with E-state index in [-0.39, 0.29) is 5.56 Å². The third-order valence-electron chi connectivity index (χ3n) is 4.20. The van der Waals surface area contributed by atoms with Crippen molar-refractivity contribution in [1.82, 2.24) is 4.57 Å². The number of nitrogens with one attached hydrogen (secondary N) is 1. The van der Waals surface area contributed by atoms with E-state index in [1.54, 1.807) is 22.9 Å². The van der Waals surface area contributed by atoms with Crippen LogP contribution in [0.25, 0.3) is 0 Å². The van der Waals surface area contributed by atoms with Crippen molar-refractivity contribution >= 4 is 11.6 Å². The SMILES string of the molecule is Cc1cc(C)cc(NC(N)=NCc2ccc(Cn3ccccc3=O)cc2)c1. The molecule has 1 aromatic heterocycles. The molecule has 0 radical (unpaired) electrons. The molecule has 0 bridgehead atoms. The molecule has 0 aliphatic heterocycles. The Morgan fingerprint density at radius 2 is 1.67 bits per heavy atom. The van der Waals surface area contributed by atoms with Crippen molar-refractivity contribution in [3.63, 3.8) is 0 Å². The summed E-state index contributed by atoms with van der Waals surface area (Å²) in [6.45, 7) is 5.15. The van der Waals surface area contributed by atoms with Crippen molar-refractivity contribution in [3.8, 4) is 0 Å². The molecule has 0 unspecified atom stereocenters. The molecule has 0 aliphatic carbocycles. The third kappa shape index (κ3) is 5.31. The molecule has 0 saturated carbocycles. The Hall–Kier alpha value is -3.34. The number of nitrogens with zero attached hydrogens (tertiary/aromatic N) is 2. The van der Waals surface area contributed by atoms with E-state index in [1.165, 1.54) is 11.1 Å². The van der Waals surface area contributed by atoms with Crippen LogP contribution in [0, 0.1) is 13.8 Å². The maximum Gasteiger partial charge on any atom is 0.250 e. The Morgan fingerprint density at radius 1 is 1.00 bits per heavy atom. The lowest BCUT2D eigenvalue weighted by Crippen LogP contribution is -2.22. The van der Waals surface area contributed by atoms with E-state index in [1.807, 2.05) is 42.5 Å². The minimum absolute atomic E-state index is 0.00332. The molecule has 3 N–H and O–H groups in total. The summed E-state index contributed by atoms with van der Waals surface area (Å²) in [6.07, 6.45) is 1.79. The van der Waals surface area contributed by atoms with Gasteiger partial charge in [0.2, 0.25) is 0 Å². The van der Waals surface area contributed by atoms with E-state index in [9.17, 15) is 4.79 Å². The highest BCUT2D eigenvalue weighted by molar-refractivity contribution is 5.92. The molecule has 0 fully saturated rings. The predicted molar refractivity (Wildman–Crippen MR) is 111 cm³/mol. The highest BCUT2D eigenvalue weighted by Crippen LogP contribution is 2.13. The second-order valence-electron chi connectivity index (χ2n) is 6.69. The van der Waals surface area contributed by atoms with Gasteiger partial charge in [0, 0.05) is 18.0 Å². The van der Waals surface area contributed by atoms with Gasteiger partial charge in [-0.15, -0.1) is 0 Å². The van der Waals surface area contributed by atoms with Crippen LogP contribution in [-0.2, 0) is 13.1 Å². The second-order valence-corrected chi connectivity index (χ2v) is 6.69. The Morgan fingerprint density at radius 3 is 2.33 bits per heavy atom. The third-order valence-corrected chi connectivity index (χ3v) is 4.20. The first-order chi connectivity index (χ1) is 13.0. The number of nitrogens with two attached hydrogens (primary N) is 1. The second kappa shape index (κ2) is 8.36. The monoisotopic (exact) mass is 360 g/mol. The molecule has 0 saturated heterocycles. The molecule has 3 aromatic rings. The molecule has 2 aromatic carbocycles. The van der Waals surface area contributed by atoms with Crippen molar-refractivity contribution in [2.24, 2.45) is 10.7 Å². The van der Waals surface area contributed by atoms with Gasteiger partial charge in [0.05, 0.1) is 13.1 Å². The standard InChI is InChI=1S/C22H24N4O/c1-16-11-17(2)13-20(12-16)25-22(23)24-14-18-6-8-19(9-7-18)15-26-10-4-3-5-21(26)27/h3-13H,14-15H2,1-2H3,(H3,23,24,25). The lowest BCUT2D eigenvalue weighted by atomic mass is 10.1. The quantitative estimate of drug-likeness (QED) is 0.541.